The van der Waals surface area contributed by atoms with Crippen LogP contribution in [0.3, 0.4) is 0 Å². The second kappa shape index (κ2) is 9.08. The van der Waals surface area contributed by atoms with Crippen LogP contribution in [-0.4, -0.2) is 35.4 Å². The number of aromatic nitrogens is 1. The Labute approximate surface area is 137 Å². The smallest absolute Gasteiger partial charge is 0.119 e. The molecular formula is C19H24N2O2. The van der Waals surface area contributed by atoms with Crippen LogP contribution >= 0.6 is 0 Å². The SMILES string of the molecule is CC(C)NCC(O)COc1ccc(/C=C/c2ccncc2)cc1. The molecule has 1 atom stereocenters. The van der Waals surface area contributed by atoms with Crippen LogP contribution in [0.5, 0.6) is 5.75 Å². The summed E-state index contributed by atoms with van der Waals surface area (Å²) in [6, 6.07) is 12.1. The van der Waals surface area contributed by atoms with Crippen molar-refractivity contribution in [3.63, 3.8) is 0 Å². The lowest BCUT2D eigenvalue weighted by Gasteiger charge is -2.15. The lowest BCUT2D eigenvalue weighted by molar-refractivity contribution is 0.104. The first-order valence-electron chi connectivity index (χ1n) is 7.86. The maximum absolute atomic E-state index is 9.82. The quantitative estimate of drug-likeness (QED) is 0.787. The Bertz CT molecular complexity index is 595. The van der Waals surface area contributed by atoms with Gasteiger partial charge in [-0.15, -0.1) is 0 Å². The number of nitrogens with one attached hydrogen (secondary N) is 1. The number of benzene rings is 1. The average molecular weight is 312 g/mol. The van der Waals surface area contributed by atoms with Gasteiger partial charge in [0, 0.05) is 25.0 Å². The monoisotopic (exact) mass is 312 g/mol. The van der Waals surface area contributed by atoms with Gasteiger partial charge in [0.2, 0.25) is 0 Å². The van der Waals surface area contributed by atoms with E-state index in [0.717, 1.165) is 16.9 Å². The highest BCUT2D eigenvalue weighted by Crippen LogP contribution is 2.14. The zero-order chi connectivity index (χ0) is 16.5. The largest absolute Gasteiger partial charge is 0.491 e. The standard InChI is InChI=1S/C19H24N2O2/c1-15(2)21-13-18(22)14-23-19-7-5-16(6-8-19)3-4-17-9-11-20-12-10-17/h3-12,15,18,21-22H,13-14H2,1-2H3/b4-3+. The molecule has 0 aliphatic heterocycles. The summed E-state index contributed by atoms with van der Waals surface area (Å²) in [7, 11) is 0. The third kappa shape index (κ3) is 6.63. The van der Waals surface area contributed by atoms with Crippen LogP contribution in [0.4, 0.5) is 0 Å². The molecule has 4 heteroatoms. The molecule has 1 aromatic carbocycles. The van der Waals surface area contributed by atoms with Gasteiger partial charge in [-0.1, -0.05) is 38.1 Å². The molecule has 2 N–H and O–H groups in total. The molecule has 1 heterocycles. The van der Waals surface area contributed by atoms with Gasteiger partial charge in [-0.2, -0.15) is 0 Å². The minimum atomic E-state index is -0.510. The number of rotatable bonds is 8. The number of pyridine rings is 1. The fourth-order valence-corrected chi connectivity index (χ4v) is 1.97. The van der Waals surface area contributed by atoms with Crippen LogP contribution in [0.15, 0.2) is 48.8 Å². The molecule has 23 heavy (non-hydrogen) atoms. The number of hydrogen-bond donors (Lipinski definition) is 2. The van der Waals surface area contributed by atoms with Crippen LogP contribution in [0, 0.1) is 0 Å². The number of aliphatic hydroxyl groups is 1. The molecule has 1 unspecified atom stereocenters. The number of hydrogen-bond acceptors (Lipinski definition) is 4. The zero-order valence-electron chi connectivity index (χ0n) is 13.6. The molecule has 0 saturated heterocycles. The topological polar surface area (TPSA) is 54.4 Å². The Morgan fingerprint density at radius 3 is 2.26 bits per heavy atom. The van der Waals surface area contributed by atoms with E-state index in [2.05, 4.69) is 10.3 Å². The first-order chi connectivity index (χ1) is 11.1. The summed E-state index contributed by atoms with van der Waals surface area (Å²) in [4.78, 5) is 3.99. The van der Waals surface area contributed by atoms with Gasteiger partial charge < -0.3 is 15.2 Å². The van der Waals surface area contributed by atoms with Gasteiger partial charge in [-0.25, -0.2) is 0 Å². The van der Waals surface area contributed by atoms with Crippen molar-refractivity contribution in [1.82, 2.24) is 10.3 Å². The summed E-state index contributed by atoms with van der Waals surface area (Å²) >= 11 is 0. The molecule has 0 amide bonds. The molecule has 0 fully saturated rings. The van der Waals surface area contributed by atoms with Crippen molar-refractivity contribution in [3.05, 3.63) is 59.9 Å². The molecule has 0 radical (unpaired) electrons. The van der Waals surface area contributed by atoms with Crippen molar-refractivity contribution in [1.29, 1.82) is 0 Å². The third-order valence-electron chi connectivity index (χ3n) is 3.26. The second-order valence-corrected chi connectivity index (χ2v) is 5.71. The molecule has 0 spiro atoms. The van der Waals surface area contributed by atoms with E-state index in [4.69, 9.17) is 4.74 Å². The summed E-state index contributed by atoms with van der Waals surface area (Å²) in [5, 5.41) is 13.0. The van der Waals surface area contributed by atoms with Crippen molar-refractivity contribution in [2.75, 3.05) is 13.2 Å². The van der Waals surface area contributed by atoms with Gasteiger partial charge in [-0.05, 0) is 35.4 Å². The minimum absolute atomic E-state index is 0.284. The molecule has 0 bridgehead atoms. The second-order valence-electron chi connectivity index (χ2n) is 5.71. The predicted octanol–water partition coefficient (Wildman–Crippen LogP) is 2.99. The van der Waals surface area contributed by atoms with Crippen molar-refractivity contribution in [2.45, 2.75) is 26.0 Å². The van der Waals surface area contributed by atoms with Gasteiger partial charge in [0.25, 0.3) is 0 Å². The Morgan fingerprint density at radius 1 is 1.04 bits per heavy atom. The Morgan fingerprint density at radius 2 is 1.65 bits per heavy atom. The van der Waals surface area contributed by atoms with Crippen molar-refractivity contribution in [2.24, 2.45) is 0 Å². The van der Waals surface area contributed by atoms with Gasteiger partial charge in [0.15, 0.2) is 0 Å². The Hall–Kier alpha value is -2.17. The van der Waals surface area contributed by atoms with Crippen molar-refractivity contribution in [3.8, 4) is 5.75 Å². The van der Waals surface area contributed by atoms with Gasteiger partial charge >= 0.3 is 0 Å². The molecule has 122 valence electrons. The van der Waals surface area contributed by atoms with Crippen LogP contribution in [0.1, 0.15) is 25.0 Å². The molecular weight excluding hydrogens is 288 g/mol. The summed E-state index contributed by atoms with van der Waals surface area (Å²) in [6.45, 7) is 4.91. The Balaban J connectivity index is 1.81. The molecule has 2 rings (SSSR count). The zero-order valence-corrected chi connectivity index (χ0v) is 13.6. The number of ether oxygens (including phenoxy) is 1. The summed E-state index contributed by atoms with van der Waals surface area (Å²) in [6.07, 6.45) is 7.12. The van der Waals surface area contributed by atoms with E-state index in [9.17, 15) is 5.11 Å². The van der Waals surface area contributed by atoms with Crippen molar-refractivity contribution < 1.29 is 9.84 Å². The molecule has 1 aromatic heterocycles. The summed E-state index contributed by atoms with van der Waals surface area (Å²) in [5.74, 6) is 0.759. The van der Waals surface area contributed by atoms with E-state index in [1.165, 1.54) is 0 Å². The lowest BCUT2D eigenvalue weighted by Crippen LogP contribution is -2.35. The van der Waals surface area contributed by atoms with Crippen LogP contribution in [-0.2, 0) is 0 Å². The van der Waals surface area contributed by atoms with Crippen LogP contribution in [0.2, 0.25) is 0 Å². The lowest BCUT2D eigenvalue weighted by atomic mass is 10.1. The molecule has 0 saturated carbocycles. The first-order valence-corrected chi connectivity index (χ1v) is 7.86. The Kier molecular flexibility index (Phi) is 6.78. The van der Waals surface area contributed by atoms with Crippen LogP contribution in [0.25, 0.3) is 12.2 Å². The van der Waals surface area contributed by atoms with E-state index in [1.54, 1.807) is 12.4 Å². The highest BCUT2D eigenvalue weighted by atomic mass is 16.5. The van der Waals surface area contributed by atoms with Crippen LogP contribution < -0.4 is 10.1 Å². The number of aliphatic hydroxyl groups excluding tert-OH is 1. The maximum Gasteiger partial charge on any atom is 0.119 e. The number of nitrogens with zero attached hydrogens (tertiary/aromatic N) is 1. The average Bonchev–Trinajstić information content (AvgIpc) is 2.58. The molecule has 2 aromatic rings. The fraction of sp³-hybridized carbons (Fsp3) is 0.316. The van der Waals surface area contributed by atoms with Crippen molar-refractivity contribution >= 4 is 12.2 Å². The maximum atomic E-state index is 9.82. The van der Waals surface area contributed by atoms with E-state index in [-0.39, 0.29) is 6.61 Å². The molecule has 0 aliphatic rings. The summed E-state index contributed by atoms with van der Waals surface area (Å²) in [5.41, 5.74) is 2.21. The van der Waals surface area contributed by atoms with E-state index < -0.39 is 6.10 Å². The van der Waals surface area contributed by atoms with Gasteiger partial charge in [0.05, 0.1) is 0 Å². The third-order valence-corrected chi connectivity index (χ3v) is 3.26. The van der Waals surface area contributed by atoms with Gasteiger partial charge in [-0.3, -0.25) is 4.98 Å². The fourth-order valence-electron chi connectivity index (χ4n) is 1.97. The summed E-state index contributed by atoms with van der Waals surface area (Å²) < 4.78 is 5.60. The van der Waals surface area contributed by atoms with E-state index >= 15 is 0 Å². The molecule has 4 nitrogen and oxygen atoms in total. The predicted molar refractivity (Wildman–Crippen MR) is 94.2 cm³/mol. The molecule has 0 aliphatic carbocycles. The highest BCUT2D eigenvalue weighted by molar-refractivity contribution is 5.69. The first kappa shape index (κ1) is 17.2. The normalized spacial score (nSPS) is 12.7. The van der Waals surface area contributed by atoms with E-state index in [0.29, 0.717) is 12.6 Å². The minimum Gasteiger partial charge on any atom is -0.491 e. The van der Waals surface area contributed by atoms with Gasteiger partial charge in [0.1, 0.15) is 18.5 Å². The highest BCUT2D eigenvalue weighted by Gasteiger charge is 2.05. The van der Waals surface area contributed by atoms with E-state index in [1.807, 2.05) is 62.4 Å².